The summed E-state index contributed by atoms with van der Waals surface area (Å²) >= 11 is 5.91. The van der Waals surface area contributed by atoms with Crippen molar-refractivity contribution in [2.24, 2.45) is 0 Å². The van der Waals surface area contributed by atoms with Gasteiger partial charge >= 0.3 is 0 Å². The Morgan fingerprint density at radius 1 is 1.05 bits per heavy atom. The molecule has 2 N–H and O–H groups in total. The van der Waals surface area contributed by atoms with Gasteiger partial charge in [0.1, 0.15) is 5.69 Å². The molecule has 0 amide bonds. The van der Waals surface area contributed by atoms with Gasteiger partial charge in [-0.1, -0.05) is 58.7 Å². The molecule has 0 saturated heterocycles. The molecule has 3 aromatic rings. The highest BCUT2D eigenvalue weighted by atomic mass is 35.5. The van der Waals surface area contributed by atoms with Crippen LogP contribution in [0.3, 0.4) is 0 Å². The molecule has 0 unspecified atom stereocenters. The Morgan fingerprint density at radius 3 is 2.50 bits per heavy atom. The van der Waals surface area contributed by atoms with Gasteiger partial charge < -0.3 is 10.3 Å². The van der Waals surface area contributed by atoms with Crippen LogP contribution in [0.15, 0.2) is 53.1 Å². The van der Waals surface area contributed by atoms with Crippen molar-refractivity contribution in [2.75, 3.05) is 5.73 Å². The molecule has 0 spiro atoms. The third-order valence-electron chi connectivity index (χ3n) is 3.14. The smallest absolute Gasteiger partial charge is 0.230 e. The van der Waals surface area contributed by atoms with E-state index < -0.39 is 0 Å². The van der Waals surface area contributed by atoms with Gasteiger partial charge in [-0.2, -0.15) is 0 Å². The van der Waals surface area contributed by atoms with Crippen LogP contribution in [-0.4, -0.2) is 5.16 Å². The van der Waals surface area contributed by atoms with Gasteiger partial charge in [0.15, 0.2) is 0 Å². The van der Waals surface area contributed by atoms with Crippen molar-refractivity contribution in [3.8, 4) is 22.4 Å². The summed E-state index contributed by atoms with van der Waals surface area (Å²) in [6.45, 7) is 2.04. The molecule has 3 nitrogen and oxygen atoms in total. The number of nitrogens with two attached hydrogens (primary N) is 1. The van der Waals surface area contributed by atoms with Crippen molar-refractivity contribution in [3.05, 3.63) is 59.1 Å². The topological polar surface area (TPSA) is 52.0 Å². The summed E-state index contributed by atoms with van der Waals surface area (Å²) in [6, 6.07) is 15.5. The minimum atomic E-state index is 0.320. The summed E-state index contributed by atoms with van der Waals surface area (Å²) in [6.07, 6.45) is 0. The van der Waals surface area contributed by atoms with Crippen molar-refractivity contribution in [2.45, 2.75) is 6.92 Å². The number of hydrogen-bond donors (Lipinski definition) is 1. The number of nitrogens with zero attached hydrogens (tertiary/aromatic N) is 1. The Kier molecular flexibility index (Phi) is 3.20. The largest absolute Gasteiger partial charge is 0.367 e. The summed E-state index contributed by atoms with van der Waals surface area (Å²) in [4.78, 5) is 0. The maximum absolute atomic E-state index is 5.94. The molecule has 20 heavy (non-hydrogen) atoms. The number of aromatic nitrogens is 1. The van der Waals surface area contributed by atoms with Gasteiger partial charge in [0.2, 0.25) is 5.88 Å². The van der Waals surface area contributed by atoms with E-state index in [2.05, 4.69) is 11.2 Å². The third kappa shape index (κ3) is 2.28. The van der Waals surface area contributed by atoms with Crippen LogP contribution in [0, 0.1) is 6.92 Å². The van der Waals surface area contributed by atoms with E-state index in [9.17, 15) is 0 Å². The second-order valence-corrected chi connectivity index (χ2v) is 5.08. The molecule has 0 saturated carbocycles. The Hall–Kier alpha value is -2.26. The lowest BCUT2D eigenvalue weighted by Crippen LogP contribution is -1.88. The average Bonchev–Trinajstić information content (AvgIpc) is 2.81. The summed E-state index contributed by atoms with van der Waals surface area (Å²) in [5, 5.41) is 4.76. The molecular weight excluding hydrogens is 272 g/mol. The lowest BCUT2D eigenvalue weighted by molar-refractivity contribution is 0.439. The Labute approximate surface area is 122 Å². The van der Waals surface area contributed by atoms with Gasteiger partial charge in [-0.05, 0) is 24.6 Å². The number of hydrogen-bond acceptors (Lipinski definition) is 3. The second kappa shape index (κ2) is 5.02. The quantitative estimate of drug-likeness (QED) is 0.751. The second-order valence-electron chi connectivity index (χ2n) is 4.65. The van der Waals surface area contributed by atoms with Crippen LogP contribution in [0.2, 0.25) is 5.02 Å². The fourth-order valence-corrected chi connectivity index (χ4v) is 2.31. The van der Waals surface area contributed by atoms with Crippen LogP contribution >= 0.6 is 11.6 Å². The average molecular weight is 285 g/mol. The summed E-state index contributed by atoms with van der Waals surface area (Å²) in [5.74, 6) is 0.320. The first kappa shape index (κ1) is 12.8. The number of rotatable bonds is 2. The van der Waals surface area contributed by atoms with Crippen molar-refractivity contribution in [1.29, 1.82) is 0 Å². The monoisotopic (exact) mass is 284 g/mol. The van der Waals surface area contributed by atoms with E-state index in [0.29, 0.717) is 10.9 Å². The minimum Gasteiger partial charge on any atom is -0.367 e. The van der Waals surface area contributed by atoms with Gasteiger partial charge in [0, 0.05) is 10.6 Å². The molecular formula is C16H13ClN2O. The maximum Gasteiger partial charge on any atom is 0.230 e. The first-order chi connectivity index (χ1) is 9.65. The van der Waals surface area contributed by atoms with Crippen LogP contribution in [0.4, 0.5) is 5.88 Å². The van der Waals surface area contributed by atoms with E-state index in [0.717, 1.165) is 27.9 Å². The lowest BCUT2D eigenvalue weighted by Gasteiger charge is -2.04. The number of aryl methyl sites for hydroxylation is 1. The van der Waals surface area contributed by atoms with Crippen LogP contribution < -0.4 is 5.73 Å². The maximum atomic E-state index is 5.94. The minimum absolute atomic E-state index is 0.320. The highest BCUT2D eigenvalue weighted by Gasteiger charge is 2.17. The molecule has 0 aliphatic rings. The molecule has 0 bridgehead atoms. The van der Waals surface area contributed by atoms with Gasteiger partial charge in [0.05, 0.1) is 5.56 Å². The number of halogens is 1. The Bertz CT molecular complexity index is 747. The van der Waals surface area contributed by atoms with Gasteiger partial charge in [0.25, 0.3) is 0 Å². The molecule has 4 heteroatoms. The predicted octanol–water partition coefficient (Wildman–Crippen LogP) is 4.55. The van der Waals surface area contributed by atoms with Crippen molar-refractivity contribution in [3.63, 3.8) is 0 Å². The molecule has 1 heterocycles. The van der Waals surface area contributed by atoms with Crippen molar-refractivity contribution in [1.82, 2.24) is 5.16 Å². The SMILES string of the molecule is Cc1cccc(-c2c(-c3ccc(Cl)cc3)noc2N)c1. The third-order valence-corrected chi connectivity index (χ3v) is 3.39. The van der Waals surface area contributed by atoms with Crippen molar-refractivity contribution < 1.29 is 4.52 Å². The van der Waals surface area contributed by atoms with Crippen LogP contribution in [0.25, 0.3) is 22.4 Å². The molecule has 3 rings (SSSR count). The standard InChI is InChI=1S/C16H13ClN2O/c1-10-3-2-4-12(9-10)14-15(19-20-16(14)18)11-5-7-13(17)8-6-11/h2-9H,18H2,1H3. The molecule has 0 aliphatic heterocycles. The van der Waals surface area contributed by atoms with E-state index in [1.807, 2.05) is 49.4 Å². The highest BCUT2D eigenvalue weighted by Crippen LogP contribution is 2.36. The van der Waals surface area contributed by atoms with Crippen molar-refractivity contribution >= 4 is 17.5 Å². The summed E-state index contributed by atoms with van der Waals surface area (Å²) < 4.78 is 5.17. The number of nitrogen functional groups attached to an aromatic ring is 1. The predicted molar refractivity (Wildman–Crippen MR) is 81.5 cm³/mol. The van der Waals surface area contributed by atoms with E-state index in [1.165, 1.54) is 0 Å². The zero-order chi connectivity index (χ0) is 14.1. The van der Waals surface area contributed by atoms with Crippen LogP contribution in [-0.2, 0) is 0 Å². The lowest BCUT2D eigenvalue weighted by atomic mass is 10.00. The molecule has 0 fully saturated rings. The van der Waals surface area contributed by atoms with Crippen LogP contribution in [0.1, 0.15) is 5.56 Å². The molecule has 1 aromatic heterocycles. The fourth-order valence-electron chi connectivity index (χ4n) is 2.19. The first-order valence-corrected chi connectivity index (χ1v) is 6.61. The molecule has 0 radical (unpaired) electrons. The zero-order valence-corrected chi connectivity index (χ0v) is 11.7. The molecule has 100 valence electrons. The molecule has 2 aromatic carbocycles. The van der Waals surface area contributed by atoms with E-state index in [4.69, 9.17) is 21.9 Å². The van der Waals surface area contributed by atoms with Gasteiger partial charge in [-0.25, -0.2) is 0 Å². The van der Waals surface area contributed by atoms with Crippen LogP contribution in [0.5, 0.6) is 0 Å². The Balaban J connectivity index is 2.17. The number of anilines is 1. The van der Waals surface area contributed by atoms with E-state index >= 15 is 0 Å². The highest BCUT2D eigenvalue weighted by molar-refractivity contribution is 6.30. The first-order valence-electron chi connectivity index (χ1n) is 6.23. The van der Waals surface area contributed by atoms with E-state index in [-0.39, 0.29) is 0 Å². The normalized spacial score (nSPS) is 10.7. The zero-order valence-electron chi connectivity index (χ0n) is 10.9. The number of benzene rings is 2. The summed E-state index contributed by atoms with van der Waals surface area (Å²) in [7, 11) is 0. The summed E-state index contributed by atoms with van der Waals surface area (Å²) in [5.41, 5.74) is 10.6. The van der Waals surface area contributed by atoms with Gasteiger partial charge in [-0.15, -0.1) is 0 Å². The molecule has 0 atom stereocenters. The Morgan fingerprint density at radius 2 is 1.80 bits per heavy atom. The van der Waals surface area contributed by atoms with E-state index in [1.54, 1.807) is 0 Å². The molecule has 0 aliphatic carbocycles. The fraction of sp³-hybridized carbons (Fsp3) is 0.0625. The van der Waals surface area contributed by atoms with Gasteiger partial charge in [-0.3, -0.25) is 0 Å².